The normalized spacial score (nSPS) is 18.8. The maximum Gasteiger partial charge on any atom is 0.355 e. The van der Waals surface area contributed by atoms with E-state index in [-0.39, 0.29) is 0 Å². The molecule has 0 spiro atoms. The first-order valence-corrected chi connectivity index (χ1v) is 5.79. The van der Waals surface area contributed by atoms with Crippen molar-refractivity contribution in [1.82, 2.24) is 5.01 Å². The fraction of sp³-hybridized carbons (Fsp3) is 0.231. The fourth-order valence-electron chi connectivity index (χ4n) is 1.75. The molecule has 1 unspecified atom stereocenters. The molecule has 1 heterocycles. The second kappa shape index (κ2) is 5.53. The van der Waals surface area contributed by atoms with E-state index in [1.807, 2.05) is 30.3 Å². The first-order chi connectivity index (χ1) is 9.08. The van der Waals surface area contributed by atoms with Crippen molar-refractivity contribution in [3.05, 3.63) is 47.9 Å². The molecule has 0 saturated heterocycles. The van der Waals surface area contributed by atoms with E-state index < -0.39 is 23.5 Å². The van der Waals surface area contributed by atoms with Crippen LogP contribution in [0.5, 0.6) is 0 Å². The Labute approximate surface area is 109 Å². The van der Waals surface area contributed by atoms with Crippen molar-refractivity contribution in [3.8, 4) is 0 Å². The number of carboxylic acids is 1. The van der Waals surface area contributed by atoms with Crippen molar-refractivity contribution in [3.63, 3.8) is 0 Å². The third-order valence-corrected chi connectivity index (χ3v) is 2.75. The predicted molar refractivity (Wildman–Crippen MR) is 68.6 cm³/mol. The zero-order valence-corrected chi connectivity index (χ0v) is 10.1. The number of benzene rings is 1. The Kier molecular flexibility index (Phi) is 3.82. The number of carboxylic acid groups (broad SMARTS) is 1. The number of aliphatic hydroxyl groups is 2. The molecule has 2 rings (SSSR count). The Morgan fingerprint density at radius 3 is 2.63 bits per heavy atom. The van der Waals surface area contributed by atoms with Gasteiger partial charge in [-0.3, -0.25) is 5.01 Å². The van der Waals surface area contributed by atoms with E-state index in [0.717, 1.165) is 5.56 Å². The van der Waals surface area contributed by atoms with Crippen molar-refractivity contribution >= 4 is 11.7 Å². The Morgan fingerprint density at radius 1 is 1.32 bits per heavy atom. The van der Waals surface area contributed by atoms with E-state index in [2.05, 4.69) is 5.10 Å². The summed E-state index contributed by atoms with van der Waals surface area (Å²) in [4.78, 5) is 10.9. The second-order valence-corrected chi connectivity index (χ2v) is 4.15. The molecule has 0 amide bonds. The standard InChI is InChI=1S/C13H14N2O4/c16-10-8-15(14-11(12(10)17)13(18)19)7-6-9-4-2-1-3-5-9/h1-5,8,12,16-17H,6-7H2,(H,18,19). The molecule has 0 fully saturated rings. The van der Waals surface area contributed by atoms with Gasteiger partial charge in [-0.05, 0) is 12.0 Å². The molecule has 0 saturated carbocycles. The second-order valence-electron chi connectivity index (χ2n) is 4.15. The lowest BCUT2D eigenvalue weighted by Gasteiger charge is -2.23. The number of hydrogen-bond acceptors (Lipinski definition) is 5. The van der Waals surface area contributed by atoms with E-state index >= 15 is 0 Å². The first-order valence-electron chi connectivity index (χ1n) is 5.79. The highest BCUT2D eigenvalue weighted by Gasteiger charge is 2.28. The SMILES string of the molecule is O=C(O)C1=NN(CCc2ccccc2)C=C(O)C1O. The van der Waals surface area contributed by atoms with Crippen LogP contribution in [0.3, 0.4) is 0 Å². The zero-order valence-electron chi connectivity index (χ0n) is 10.1. The molecule has 0 bridgehead atoms. The molecule has 1 aromatic carbocycles. The molecule has 1 aliphatic heterocycles. The Balaban J connectivity index is 2.06. The maximum atomic E-state index is 10.9. The number of aliphatic hydroxyl groups excluding tert-OH is 2. The minimum Gasteiger partial charge on any atom is -0.508 e. The minimum absolute atomic E-state index is 0.414. The third kappa shape index (κ3) is 3.11. The monoisotopic (exact) mass is 262 g/mol. The molecule has 19 heavy (non-hydrogen) atoms. The average Bonchev–Trinajstić information content (AvgIpc) is 2.41. The molecule has 1 aromatic rings. The highest BCUT2D eigenvalue weighted by Crippen LogP contribution is 2.12. The molecule has 6 nitrogen and oxygen atoms in total. The van der Waals surface area contributed by atoms with E-state index in [1.54, 1.807) is 0 Å². The summed E-state index contributed by atoms with van der Waals surface area (Å²) in [6.07, 6.45) is 0.322. The van der Waals surface area contributed by atoms with E-state index in [4.69, 9.17) is 5.11 Å². The zero-order chi connectivity index (χ0) is 13.8. The summed E-state index contributed by atoms with van der Waals surface area (Å²) in [5.74, 6) is -1.77. The van der Waals surface area contributed by atoms with Gasteiger partial charge in [0.15, 0.2) is 11.8 Å². The van der Waals surface area contributed by atoms with Gasteiger partial charge in [-0.1, -0.05) is 30.3 Å². The third-order valence-electron chi connectivity index (χ3n) is 2.75. The quantitative estimate of drug-likeness (QED) is 0.744. The summed E-state index contributed by atoms with van der Waals surface area (Å²) < 4.78 is 0. The summed E-state index contributed by atoms with van der Waals surface area (Å²) in [6, 6.07) is 9.63. The summed E-state index contributed by atoms with van der Waals surface area (Å²) in [6.45, 7) is 0.414. The van der Waals surface area contributed by atoms with Crippen molar-refractivity contribution in [2.24, 2.45) is 5.10 Å². The topological polar surface area (TPSA) is 93.4 Å². The van der Waals surface area contributed by atoms with Crippen LogP contribution in [0, 0.1) is 0 Å². The largest absolute Gasteiger partial charge is 0.508 e. The number of nitrogens with zero attached hydrogens (tertiary/aromatic N) is 2. The van der Waals surface area contributed by atoms with Crippen LogP contribution in [0.4, 0.5) is 0 Å². The molecule has 1 atom stereocenters. The van der Waals surface area contributed by atoms with Crippen molar-refractivity contribution < 1.29 is 20.1 Å². The molecule has 1 aliphatic rings. The van der Waals surface area contributed by atoms with E-state index in [9.17, 15) is 15.0 Å². The number of hydrazone groups is 1. The lowest BCUT2D eigenvalue weighted by atomic mass is 10.1. The Bertz CT molecular complexity index is 525. The van der Waals surface area contributed by atoms with Crippen molar-refractivity contribution in [1.29, 1.82) is 0 Å². The van der Waals surface area contributed by atoms with Gasteiger partial charge in [-0.2, -0.15) is 5.10 Å². The van der Waals surface area contributed by atoms with Crippen LogP contribution < -0.4 is 0 Å². The van der Waals surface area contributed by atoms with Gasteiger partial charge in [0, 0.05) is 6.54 Å². The summed E-state index contributed by atoms with van der Waals surface area (Å²) in [5.41, 5.74) is 0.599. The summed E-state index contributed by atoms with van der Waals surface area (Å²) >= 11 is 0. The van der Waals surface area contributed by atoms with E-state index in [1.165, 1.54) is 11.2 Å². The highest BCUT2D eigenvalue weighted by atomic mass is 16.4. The molecule has 0 aliphatic carbocycles. The van der Waals surface area contributed by atoms with Crippen LogP contribution in [0.15, 0.2) is 47.4 Å². The molecular weight excluding hydrogens is 248 g/mol. The van der Waals surface area contributed by atoms with Gasteiger partial charge in [0.05, 0.1) is 6.20 Å². The molecule has 3 N–H and O–H groups in total. The van der Waals surface area contributed by atoms with Gasteiger partial charge in [0.25, 0.3) is 0 Å². The number of carbonyl (C=O) groups is 1. The van der Waals surface area contributed by atoms with Crippen LogP contribution in [-0.4, -0.2) is 44.7 Å². The number of rotatable bonds is 4. The molecule has 0 radical (unpaired) electrons. The molecule has 100 valence electrons. The minimum atomic E-state index is -1.56. The van der Waals surface area contributed by atoms with Gasteiger partial charge in [-0.15, -0.1) is 0 Å². The summed E-state index contributed by atoms with van der Waals surface area (Å²) in [5, 5.41) is 32.9. The Hall–Kier alpha value is -2.34. The van der Waals surface area contributed by atoms with Crippen molar-refractivity contribution in [2.75, 3.05) is 6.54 Å². The Morgan fingerprint density at radius 2 is 2.00 bits per heavy atom. The van der Waals surface area contributed by atoms with Crippen molar-refractivity contribution in [2.45, 2.75) is 12.5 Å². The highest BCUT2D eigenvalue weighted by molar-refractivity contribution is 6.38. The predicted octanol–water partition coefficient (Wildman–Crippen LogP) is 0.746. The van der Waals surface area contributed by atoms with Crippen LogP contribution in [0.1, 0.15) is 5.56 Å². The lowest BCUT2D eigenvalue weighted by molar-refractivity contribution is -0.130. The fourth-order valence-corrected chi connectivity index (χ4v) is 1.75. The average molecular weight is 262 g/mol. The smallest absolute Gasteiger partial charge is 0.355 e. The first kappa shape index (κ1) is 13.1. The number of aliphatic carboxylic acids is 1. The van der Waals surface area contributed by atoms with Crippen LogP contribution in [0.25, 0.3) is 0 Å². The molecule has 0 aromatic heterocycles. The number of hydrogen-bond donors (Lipinski definition) is 3. The lowest BCUT2D eigenvalue weighted by Crippen LogP contribution is -2.37. The van der Waals surface area contributed by atoms with Crippen LogP contribution in [0.2, 0.25) is 0 Å². The van der Waals surface area contributed by atoms with Gasteiger partial charge >= 0.3 is 5.97 Å². The van der Waals surface area contributed by atoms with Crippen LogP contribution in [-0.2, 0) is 11.2 Å². The molecular formula is C13H14N2O4. The van der Waals surface area contributed by atoms with Crippen LogP contribution >= 0.6 is 0 Å². The van der Waals surface area contributed by atoms with Gasteiger partial charge < -0.3 is 15.3 Å². The van der Waals surface area contributed by atoms with Gasteiger partial charge in [0.1, 0.15) is 5.76 Å². The molecule has 6 heteroatoms. The summed E-state index contributed by atoms with van der Waals surface area (Å²) in [7, 11) is 0. The van der Waals surface area contributed by atoms with Gasteiger partial charge in [-0.25, -0.2) is 4.79 Å². The maximum absolute atomic E-state index is 10.9. The van der Waals surface area contributed by atoms with Gasteiger partial charge in [0.2, 0.25) is 0 Å². The van der Waals surface area contributed by atoms with E-state index in [0.29, 0.717) is 13.0 Å².